The number of phosphoric acid groups is 3. The first-order valence-corrected chi connectivity index (χ1v) is 46.3. The Labute approximate surface area is 754 Å². The molecular formula is C101H84F2N7O18P3. The summed E-state index contributed by atoms with van der Waals surface area (Å²) in [5, 5.41) is 0. The van der Waals surface area contributed by atoms with Gasteiger partial charge in [-0.25, -0.2) is 13.8 Å². The minimum absolute atomic E-state index is 0.251. The molecular weight excluding hydrogens is 1730 g/mol. The molecule has 1 aromatic heterocycles. The Morgan fingerprint density at radius 2 is 0.427 bits per heavy atom. The molecule has 0 spiro atoms. The van der Waals surface area contributed by atoms with Crippen LogP contribution in [-0.4, -0.2) is 45.4 Å². The number of benzene rings is 14. The molecule has 0 saturated carbocycles. The number of anilines is 6. The average Bonchev–Trinajstić information content (AvgIpc) is 0.790. The van der Waals surface area contributed by atoms with Gasteiger partial charge in [-0.15, -0.1) is 0 Å². The molecule has 14 aromatic carbocycles. The topological polar surface area (TPSA) is 222 Å². The molecule has 0 fully saturated rings. The minimum atomic E-state index is -4.38. The van der Waals surface area contributed by atoms with Crippen LogP contribution in [0.5, 0.6) is 86.2 Å². The summed E-state index contributed by atoms with van der Waals surface area (Å²) in [4.78, 5) is 16.6. The first-order valence-electron chi connectivity index (χ1n) is 41.9. The van der Waals surface area contributed by atoms with Crippen molar-refractivity contribution < 1.29 is 91.6 Å². The van der Waals surface area contributed by atoms with Gasteiger partial charge in [-0.1, -0.05) is 115 Å². The summed E-state index contributed by atoms with van der Waals surface area (Å²) in [5.74, 6) is 7.25. The third-order valence-electron chi connectivity index (χ3n) is 21.5. The van der Waals surface area contributed by atoms with Crippen molar-refractivity contribution in [3.05, 3.63) is 409 Å². The summed E-state index contributed by atoms with van der Waals surface area (Å²) < 4.78 is 159. The quantitative estimate of drug-likeness (QED) is 0.0513. The number of nitrogens with zero attached hydrogens (tertiary/aromatic N) is 7. The molecule has 0 saturated heterocycles. The van der Waals surface area contributed by atoms with Crippen molar-refractivity contribution >= 4 is 57.7 Å². The number of ether oxygens (including phenoxy) is 6. The van der Waals surface area contributed by atoms with Crippen LogP contribution in [0.4, 0.5) is 43.0 Å². The van der Waals surface area contributed by atoms with E-state index < -0.39 is 23.5 Å². The second-order valence-corrected chi connectivity index (χ2v) is 35.0. The predicted molar refractivity (Wildman–Crippen MR) is 493 cm³/mol. The van der Waals surface area contributed by atoms with Gasteiger partial charge in [0.05, 0.1) is 6.54 Å². The number of pyridine rings is 1. The van der Waals surface area contributed by atoms with Gasteiger partial charge >= 0.3 is 23.5 Å². The number of para-hydroxylation sites is 6. The molecule has 660 valence electrons. The first kappa shape index (κ1) is 85.0. The molecule has 21 rings (SSSR count). The molecule has 25 nitrogen and oxygen atoms in total. The Hall–Kier alpha value is -15.4. The van der Waals surface area contributed by atoms with Gasteiger partial charge in [0.2, 0.25) is 0 Å². The lowest BCUT2D eigenvalue weighted by Gasteiger charge is -2.31. The van der Waals surface area contributed by atoms with E-state index in [0.29, 0.717) is 118 Å². The number of hydrogen-bond donors (Lipinski definition) is 0. The van der Waals surface area contributed by atoms with Gasteiger partial charge in [-0.05, 0) is 243 Å². The highest BCUT2D eigenvalue weighted by Crippen LogP contribution is 2.55. The van der Waals surface area contributed by atoms with Crippen LogP contribution in [-0.2, 0) is 53.0 Å². The molecule has 0 atom stereocenters. The zero-order chi connectivity index (χ0) is 88.9. The van der Waals surface area contributed by atoms with Crippen LogP contribution in [0.15, 0.2) is 364 Å². The maximum Gasteiger partial charge on any atom is 0.647 e. The number of aromatic nitrogens is 1. The number of fused-ring (bicyclic) bond motifs is 6. The fraction of sp³-hybridized carbons (Fsp3) is 0.119. The lowest BCUT2D eigenvalue weighted by atomic mass is 10.1. The largest absolute Gasteiger partial charge is 0.647 e. The van der Waals surface area contributed by atoms with E-state index in [1.165, 1.54) is 24.3 Å². The van der Waals surface area contributed by atoms with Gasteiger partial charge < -0.3 is 98.5 Å². The van der Waals surface area contributed by atoms with E-state index in [1.807, 2.05) is 178 Å². The Morgan fingerprint density at radius 3 is 0.664 bits per heavy atom. The maximum atomic E-state index is 14.9. The third-order valence-corrected chi connectivity index (χ3v) is 25.4. The van der Waals surface area contributed by atoms with Crippen molar-refractivity contribution in [2.75, 3.05) is 69.8 Å². The van der Waals surface area contributed by atoms with Gasteiger partial charge in [-0.3, -0.25) is 0 Å². The molecule has 30 heteroatoms. The van der Waals surface area contributed by atoms with Gasteiger partial charge in [0, 0.05) is 101 Å². The molecule has 6 aliphatic rings. The monoisotopic (exact) mass is 1810 g/mol. The van der Waals surface area contributed by atoms with Crippen LogP contribution < -0.4 is 98.5 Å². The molecule has 6 aliphatic heterocycles. The second kappa shape index (κ2) is 38.6. The van der Waals surface area contributed by atoms with E-state index >= 15 is 0 Å². The highest BCUT2D eigenvalue weighted by Gasteiger charge is 2.39. The van der Waals surface area contributed by atoms with Crippen LogP contribution in [0.3, 0.4) is 0 Å². The van der Waals surface area contributed by atoms with E-state index in [2.05, 4.69) is 19.7 Å². The Morgan fingerprint density at radius 1 is 0.221 bits per heavy atom. The molecule has 0 unspecified atom stereocenters. The predicted octanol–water partition coefficient (Wildman–Crippen LogP) is 23.8. The fourth-order valence-corrected chi connectivity index (χ4v) is 18.9. The Bertz CT molecular complexity index is 6220. The Kier molecular flexibility index (Phi) is 25.1. The first-order chi connectivity index (χ1) is 64.1. The van der Waals surface area contributed by atoms with Crippen molar-refractivity contribution in [3.8, 4) is 86.2 Å². The minimum Gasteiger partial charge on any atom is -0.473 e. The van der Waals surface area contributed by atoms with Crippen molar-refractivity contribution in [1.82, 2.24) is 4.98 Å². The van der Waals surface area contributed by atoms with Crippen LogP contribution in [0.2, 0.25) is 0 Å². The second-order valence-electron chi connectivity index (χ2n) is 30.7. The van der Waals surface area contributed by atoms with Crippen LogP contribution >= 0.6 is 23.5 Å². The summed E-state index contributed by atoms with van der Waals surface area (Å²) >= 11 is 0. The molecule has 15 aromatic rings. The molecule has 0 aliphatic carbocycles. The molecule has 0 radical (unpaired) electrons. The summed E-state index contributed by atoms with van der Waals surface area (Å²) in [7, 11) is -12.7. The van der Waals surface area contributed by atoms with Gasteiger partial charge in [-0.2, -0.15) is 13.7 Å². The summed E-state index contributed by atoms with van der Waals surface area (Å²) in [6.07, 6.45) is 1.74. The van der Waals surface area contributed by atoms with Crippen molar-refractivity contribution in [3.63, 3.8) is 0 Å². The lowest BCUT2D eigenvalue weighted by molar-refractivity contribution is 0.281. The number of halogens is 2. The van der Waals surface area contributed by atoms with Crippen LogP contribution in [0.1, 0.15) is 33.4 Å². The van der Waals surface area contributed by atoms with E-state index in [1.54, 1.807) is 176 Å². The van der Waals surface area contributed by atoms with E-state index in [9.17, 15) is 22.5 Å². The van der Waals surface area contributed by atoms with Gasteiger partial charge in [0.25, 0.3) is 0 Å². The van der Waals surface area contributed by atoms with E-state index in [4.69, 9.17) is 69.1 Å². The SMILES string of the molecule is O=P(Oc1ccc2c(c1)CN(c1ccccc1)CO2)(Oc1ccc2c(c1)CN(c1ccccc1)CO2)Oc1ccc2c(c1)CN(c1ccccc1)CO2.O=P(Oc1ccccc1)(Oc1ccc2c(c1)CN(c1ccc(F)cc1)CO2)Oc1ccc2c(c1)CN(c1ccc(F)cc1)CO2.O=P(Oc1ccccc1)(Oc1ccccc1)Oc1ccc2c(c1)CN(c1ccccn1)CO2. The van der Waals surface area contributed by atoms with E-state index in [-0.39, 0.29) is 36.6 Å². The zero-order valence-corrected chi connectivity index (χ0v) is 72.9. The van der Waals surface area contributed by atoms with Crippen molar-refractivity contribution in [2.24, 2.45) is 0 Å². The van der Waals surface area contributed by atoms with Crippen LogP contribution in [0.25, 0.3) is 0 Å². The summed E-state index contributed by atoms with van der Waals surface area (Å²) in [6, 6.07) is 106. The smallest absolute Gasteiger partial charge is 0.473 e. The molecule has 0 bridgehead atoms. The normalized spacial score (nSPS) is 14.0. The molecule has 131 heavy (non-hydrogen) atoms. The van der Waals surface area contributed by atoms with Crippen molar-refractivity contribution in [2.45, 2.75) is 39.3 Å². The number of phosphoric ester groups is 3. The maximum absolute atomic E-state index is 14.9. The lowest BCUT2D eigenvalue weighted by Crippen LogP contribution is -2.32. The zero-order valence-electron chi connectivity index (χ0n) is 70.2. The third kappa shape index (κ3) is 21.2. The molecule has 7 heterocycles. The standard InChI is InChI=1S/C42H36N3O7P.C34H27F2N2O6P.C25H21N2O5P/c46-53(50-37-16-19-40-31(22-37)25-43(28-47-40)34-10-4-1-5-11-34,51-38-17-20-41-32(23-38)26-44(29-48-41)35-12-6-2-7-13-35)52-39-18-21-42-33(24-39)27-45(30-49-42)36-14-8-3-9-15-36;35-26-6-10-28(11-7-26)37-20-24-18-31(14-16-33(24)40-22-37)43-45(39,42-30-4-2-1-3-5-30)44-32-15-17-34-25(19-32)21-38(23-41-34)29-12-8-27(36)9-13-29;28-33(30-21-9-3-1-4-10-21,31-22-11-5-2-6-12-22)32-23-14-15-24-20(17-23)18-27(19-29-24)25-13-7-8-16-26-25/h1-24H,25-30H2;1-19H,20-23H2;1-17H,18-19H2. The summed E-state index contributed by atoms with van der Waals surface area (Å²) in [6.45, 7) is 5.41. The van der Waals surface area contributed by atoms with Gasteiger partial charge in [0.15, 0.2) is 40.4 Å². The Balaban J connectivity index is 0.000000131. The fourth-order valence-electron chi connectivity index (χ4n) is 15.2. The van der Waals surface area contributed by atoms with Gasteiger partial charge in [0.1, 0.15) is 104 Å². The number of hydrogen-bond acceptors (Lipinski definition) is 25. The van der Waals surface area contributed by atoms with Crippen molar-refractivity contribution in [1.29, 1.82) is 0 Å². The molecule has 0 amide bonds. The number of rotatable bonds is 24. The average molecular weight is 1810 g/mol. The molecule has 0 N–H and O–H groups in total. The summed E-state index contributed by atoms with van der Waals surface area (Å²) in [5.41, 5.74) is 9.75. The van der Waals surface area contributed by atoms with Crippen LogP contribution in [0, 0.1) is 11.6 Å². The highest BCUT2D eigenvalue weighted by atomic mass is 31.2. The highest BCUT2D eigenvalue weighted by molar-refractivity contribution is 7.50. The van der Waals surface area contributed by atoms with E-state index in [0.717, 1.165) is 90.6 Å².